The predicted molar refractivity (Wildman–Crippen MR) is 88.0 cm³/mol. The molecule has 0 amide bonds. The fraction of sp³-hybridized carbons (Fsp3) is 0.562. The second-order valence-electron chi connectivity index (χ2n) is 6.11. The van der Waals surface area contributed by atoms with Gasteiger partial charge in [0.25, 0.3) is 0 Å². The Labute approximate surface area is 129 Å². The van der Waals surface area contributed by atoms with Crippen molar-refractivity contribution in [3.8, 4) is 0 Å². The molecule has 1 aliphatic carbocycles. The number of hydrogen-bond acceptors (Lipinski definition) is 3. The number of nitrogens with zero attached hydrogens (tertiary/aromatic N) is 2. The monoisotopic (exact) mass is 335 g/mol. The molecule has 1 saturated carbocycles. The standard InChI is InChI=1S/C16H22BrN3/c1-11-6-8-12(9-7-11)15-10-19-16(18)20(15)14-5-3-2-4-13(14)17/h2-5,11-12,15H,6-10H2,1H3,(H2,18,19). The van der Waals surface area contributed by atoms with E-state index in [0.29, 0.717) is 17.9 Å². The molecule has 2 N–H and O–H groups in total. The maximum atomic E-state index is 6.16. The van der Waals surface area contributed by atoms with Gasteiger partial charge in [0.15, 0.2) is 5.96 Å². The van der Waals surface area contributed by atoms with Crippen LogP contribution in [-0.2, 0) is 0 Å². The van der Waals surface area contributed by atoms with Crippen molar-refractivity contribution in [3.05, 3.63) is 28.7 Å². The molecular formula is C16H22BrN3. The van der Waals surface area contributed by atoms with E-state index < -0.39 is 0 Å². The van der Waals surface area contributed by atoms with Crippen LogP contribution in [0.5, 0.6) is 0 Å². The molecule has 0 aromatic heterocycles. The minimum Gasteiger partial charge on any atom is -0.370 e. The fourth-order valence-electron chi connectivity index (χ4n) is 3.49. The van der Waals surface area contributed by atoms with E-state index in [4.69, 9.17) is 5.73 Å². The van der Waals surface area contributed by atoms with Crippen LogP contribution in [-0.4, -0.2) is 18.5 Å². The maximum Gasteiger partial charge on any atom is 0.196 e. The van der Waals surface area contributed by atoms with Gasteiger partial charge in [0.05, 0.1) is 18.3 Å². The Balaban J connectivity index is 1.84. The first-order valence-corrected chi connectivity index (χ1v) is 8.30. The summed E-state index contributed by atoms with van der Waals surface area (Å²) in [5.41, 5.74) is 7.31. The summed E-state index contributed by atoms with van der Waals surface area (Å²) in [7, 11) is 0. The molecule has 1 heterocycles. The molecule has 0 saturated heterocycles. The molecule has 1 atom stereocenters. The lowest BCUT2D eigenvalue weighted by molar-refractivity contribution is 0.261. The quantitative estimate of drug-likeness (QED) is 0.893. The van der Waals surface area contributed by atoms with Crippen molar-refractivity contribution < 1.29 is 0 Å². The first-order chi connectivity index (χ1) is 9.66. The summed E-state index contributed by atoms with van der Waals surface area (Å²) in [6.45, 7) is 3.20. The highest BCUT2D eigenvalue weighted by Crippen LogP contribution is 2.37. The highest BCUT2D eigenvalue weighted by Gasteiger charge is 2.36. The molecule has 108 valence electrons. The summed E-state index contributed by atoms with van der Waals surface area (Å²) in [6, 6.07) is 8.72. The molecule has 0 bridgehead atoms. The van der Waals surface area contributed by atoms with Crippen molar-refractivity contribution in [1.82, 2.24) is 0 Å². The van der Waals surface area contributed by atoms with Gasteiger partial charge in [-0.1, -0.05) is 31.9 Å². The van der Waals surface area contributed by atoms with Crippen molar-refractivity contribution in [2.45, 2.75) is 38.6 Å². The first-order valence-electron chi connectivity index (χ1n) is 7.50. The van der Waals surface area contributed by atoms with Gasteiger partial charge in [-0.15, -0.1) is 0 Å². The molecule has 2 aliphatic rings. The van der Waals surface area contributed by atoms with Crippen molar-refractivity contribution in [3.63, 3.8) is 0 Å². The van der Waals surface area contributed by atoms with Crippen LogP contribution in [0.1, 0.15) is 32.6 Å². The Morgan fingerprint density at radius 3 is 2.60 bits per heavy atom. The van der Waals surface area contributed by atoms with Crippen LogP contribution < -0.4 is 10.6 Å². The Morgan fingerprint density at radius 1 is 1.20 bits per heavy atom. The van der Waals surface area contributed by atoms with E-state index in [-0.39, 0.29) is 0 Å². The van der Waals surface area contributed by atoms with Gasteiger partial charge in [-0.3, -0.25) is 4.99 Å². The molecule has 1 aromatic rings. The number of para-hydroxylation sites is 1. The van der Waals surface area contributed by atoms with E-state index in [9.17, 15) is 0 Å². The third kappa shape index (κ3) is 2.58. The Hall–Kier alpha value is -1.03. The van der Waals surface area contributed by atoms with E-state index in [1.807, 2.05) is 6.07 Å². The van der Waals surface area contributed by atoms with Crippen LogP contribution in [0.25, 0.3) is 0 Å². The molecule has 1 unspecified atom stereocenters. The van der Waals surface area contributed by atoms with Crippen molar-refractivity contribution >= 4 is 27.6 Å². The van der Waals surface area contributed by atoms with Crippen LogP contribution in [0, 0.1) is 11.8 Å². The fourth-order valence-corrected chi connectivity index (χ4v) is 3.97. The highest BCUT2D eigenvalue weighted by molar-refractivity contribution is 9.10. The summed E-state index contributed by atoms with van der Waals surface area (Å²) in [6.07, 6.45) is 5.28. The normalized spacial score (nSPS) is 30.4. The number of anilines is 1. The number of guanidine groups is 1. The molecule has 4 heteroatoms. The van der Waals surface area contributed by atoms with Crippen LogP contribution in [0.15, 0.2) is 33.7 Å². The van der Waals surface area contributed by atoms with Gasteiger partial charge in [0.1, 0.15) is 0 Å². The number of aliphatic imine (C=N–C) groups is 1. The van der Waals surface area contributed by atoms with Gasteiger partial charge in [0.2, 0.25) is 0 Å². The Bertz CT molecular complexity index is 506. The zero-order valence-electron chi connectivity index (χ0n) is 11.9. The van der Waals surface area contributed by atoms with Gasteiger partial charge in [-0.05, 0) is 52.7 Å². The molecule has 1 aromatic carbocycles. The van der Waals surface area contributed by atoms with Gasteiger partial charge < -0.3 is 10.6 Å². The Morgan fingerprint density at radius 2 is 1.90 bits per heavy atom. The van der Waals surface area contributed by atoms with Crippen LogP contribution in [0.3, 0.4) is 0 Å². The van der Waals surface area contributed by atoms with Crippen molar-refractivity contribution in [2.75, 3.05) is 11.4 Å². The molecule has 1 aliphatic heterocycles. The summed E-state index contributed by atoms with van der Waals surface area (Å²) in [5.74, 6) is 2.26. The minimum absolute atomic E-state index is 0.432. The summed E-state index contributed by atoms with van der Waals surface area (Å²) < 4.78 is 1.09. The second-order valence-corrected chi connectivity index (χ2v) is 6.96. The average molecular weight is 336 g/mol. The van der Waals surface area contributed by atoms with Gasteiger partial charge in [-0.2, -0.15) is 0 Å². The molecule has 3 rings (SSSR count). The molecule has 0 spiro atoms. The van der Waals surface area contributed by atoms with E-state index in [2.05, 4.69) is 50.9 Å². The SMILES string of the molecule is CC1CCC(C2CN=C(N)N2c2ccccc2Br)CC1. The maximum absolute atomic E-state index is 6.16. The van der Waals surface area contributed by atoms with Crippen LogP contribution in [0.2, 0.25) is 0 Å². The topological polar surface area (TPSA) is 41.6 Å². The molecule has 0 radical (unpaired) electrons. The summed E-state index contributed by atoms with van der Waals surface area (Å²) in [4.78, 5) is 6.75. The summed E-state index contributed by atoms with van der Waals surface area (Å²) in [5, 5.41) is 0. The highest BCUT2D eigenvalue weighted by atomic mass is 79.9. The van der Waals surface area contributed by atoms with E-state index in [0.717, 1.165) is 22.6 Å². The van der Waals surface area contributed by atoms with Crippen LogP contribution >= 0.6 is 15.9 Å². The van der Waals surface area contributed by atoms with Gasteiger partial charge >= 0.3 is 0 Å². The number of rotatable bonds is 2. The predicted octanol–water partition coefficient (Wildman–Crippen LogP) is 3.78. The largest absolute Gasteiger partial charge is 0.370 e. The third-order valence-electron chi connectivity index (χ3n) is 4.74. The Kier molecular flexibility index (Phi) is 4.01. The number of halogens is 1. The zero-order chi connectivity index (χ0) is 14.1. The number of hydrogen-bond donors (Lipinski definition) is 1. The van der Waals surface area contributed by atoms with Gasteiger partial charge in [-0.25, -0.2) is 0 Å². The molecule has 1 fully saturated rings. The van der Waals surface area contributed by atoms with Gasteiger partial charge in [0, 0.05) is 4.47 Å². The molecule has 20 heavy (non-hydrogen) atoms. The summed E-state index contributed by atoms with van der Waals surface area (Å²) >= 11 is 3.64. The third-order valence-corrected chi connectivity index (χ3v) is 5.41. The lowest BCUT2D eigenvalue weighted by atomic mass is 9.79. The first kappa shape index (κ1) is 13.9. The van der Waals surface area contributed by atoms with Crippen LogP contribution in [0.4, 0.5) is 5.69 Å². The lowest BCUT2D eigenvalue weighted by Gasteiger charge is -2.36. The minimum atomic E-state index is 0.432. The smallest absolute Gasteiger partial charge is 0.196 e. The van der Waals surface area contributed by atoms with Crippen molar-refractivity contribution in [1.29, 1.82) is 0 Å². The van der Waals surface area contributed by atoms with E-state index in [1.54, 1.807) is 0 Å². The molecular weight excluding hydrogens is 314 g/mol. The van der Waals surface area contributed by atoms with E-state index in [1.165, 1.54) is 25.7 Å². The molecule has 3 nitrogen and oxygen atoms in total. The zero-order valence-corrected chi connectivity index (χ0v) is 13.5. The van der Waals surface area contributed by atoms with Crippen molar-refractivity contribution in [2.24, 2.45) is 22.6 Å². The number of benzene rings is 1. The second kappa shape index (κ2) is 5.76. The number of nitrogens with two attached hydrogens (primary N) is 1. The van der Waals surface area contributed by atoms with E-state index >= 15 is 0 Å². The lowest BCUT2D eigenvalue weighted by Crippen LogP contribution is -2.45. The average Bonchev–Trinajstić information content (AvgIpc) is 2.82.